The number of para-hydroxylation sites is 1. The molecule has 0 spiro atoms. The number of hydrogen-bond donors (Lipinski definition) is 3. The van der Waals surface area contributed by atoms with E-state index in [9.17, 15) is 14.4 Å². The molecule has 1 unspecified atom stereocenters. The van der Waals surface area contributed by atoms with Crippen LogP contribution >= 0.6 is 0 Å². The lowest BCUT2D eigenvalue weighted by molar-refractivity contribution is -0.127. The van der Waals surface area contributed by atoms with E-state index in [1.807, 2.05) is 31.2 Å². The Labute approximate surface area is 181 Å². The number of aryl methyl sites for hydroxylation is 1. The molecule has 1 heterocycles. The van der Waals surface area contributed by atoms with Gasteiger partial charge in [-0.2, -0.15) is 0 Å². The van der Waals surface area contributed by atoms with Gasteiger partial charge in [-0.3, -0.25) is 9.69 Å². The van der Waals surface area contributed by atoms with Gasteiger partial charge >= 0.3 is 12.1 Å². The number of nitrogens with one attached hydrogen (secondary N) is 2. The Kier molecular flexibility index (Phi) is 7.45. The summed E-state index contributed by atoms with van der Waals surface area (Å²) in [6, 6.07) is 14.9. The number of anilines is 1. The Morgan fingerprint density at radius 2 is 1.87 bits per heavy atom. The maximum absolute atomic E-state index is 12.8. The highest BCUT2D eigenvalue weighted by Crippen LogP contribution is 2.17. The van der Waals surface area contributed by atoms with Gasteiger partial charge in [0, 0.05) is 31.9 Å². The molecule has 1 aliphatic rings. The summed E-state index contributed by atoms with van der Waals surface area (Å²) in [7, 11) is 0. The predicted octanol–water partition coefficient (Wildman–Crippen LogP) is 1.79. The van der Waals surface area contributed by atoms with Gasteiger partial charge in [0.2, 0.25) is 5.91 Å². The average Bonchev–Trinajstić information content (AvgIpc) is 2.77. The Balaban J connectivity index is 1.70. The normalized spacial score (nSPS) is 15.9. The van der Waals surface area contributed by atoms with Crippen LogP contribution in [-0.2, 0) is 4.79 Å². The summed E-state index contributed by atoms with van der Waals surface area (Å²) in [5.74, 6) is -0.00301. The third kappa shape index (κ3) is 5.95. The van der Waals surface area contributed by atoms with E-state index < -0.39 is 12.1 Å². The van der Waals surface area contributed by atoms with Crippen LogP contribution in [0.25, 0.3) is 0 Å². The third-order valence-corrected chi connectivity index (χ3v) is 4.87. The molecule has 1 atom stereocenters. The largest absolute Gasteiger partial charge is 0.416 e. The van der Waals surface area contributed by atoms with Crippen molar-refractivity contribution in [1.82, 2.24) is 15.1 Å². The molecule has 3 rings (SSSR count). The number of carbonyl (C=O) groups is 3. The highest BCUT2D eigenvalue weighted by atomic mass is 16.6. The average molecular weight is 425 g/mol. The Bertz CT molecular complexity index is 921. The van der Waals surface area contributed by atoms with Crippen molar-refractivity contribution in [3.63, 3.8) is 0 Å². The quantitative estimate of drug-likeness (QED) is 0.675. The fourth-order valence-corrected chi connectivity index (χ4v) is 3.30. The number of piperazine rings is 1. The number of nitrogens with two attached hydrogens (primary N) is 1. The molecule has 0 aliphatic carbocycles. The van der Waals surface area contributed by atoms with Crippen LogP contribution in [0, 0.1) is 6.92 Å². The summed E-state index contributed by atoms with van der Waals surface area (Å²) in [5.41, 5.74) is 7.17. The van der Waals surface area contributed by atoms with Gasteiger partial charge in [0.25, 0.3) is 0 Å². The van der Waals surface area contributed by atoms with E-state index in [1.54, 1.807) is 30.3 Å². The van der Waals surface area contributed by atoms with E-state index in [0.717, 1.165) is 5.56 Å². The van der Waals surface area contributed by atoms with Gasteiger partial charge in [0.15, 0.2) is 0 Å². The molecule has 164 valence electrons. The summed E-state index contributed by atoms with van der Waals surface area (Å²) in [5, 5.41) is 5.54. The van der Waals surface area contributed by atoms with E-state index in [-0.39, 0.29) is 44.7 Å². The first-order valence-corrected chi connectivity index (χ1v) is 10.1. The van der Waals surface area contributed by atoms with Gasteiger partial charge in [-0.05, 0) is 36.8 Å². The van der Waals surface area contributed by atoms with Crippen LogP contribution in [0.15, 0.2) is 54.6 Å². The minimum absolute atomic E-state index is 0.0396. The van der Waals surface area contributed by atoms with Crippen LogP contribution in [0.2, 0.25) is 0 Å². The fraction of sp³-hybridized carbons (Fsp3) is 0.318. The van der Waals surface area contributed by atoms with E-state index in [2.05, 4.69) is 10.6 Å². The van der Waals surface area contributed by atoms with E-state index in [0.29, 0.717) is 11.4 Å². The summed E-state index contributed by atoms with van der Waals surface area (Å²) >= 11 is 0. The number of rotatable bonds is 5. The summed E-state index contributed by atoms with van der Waals surface area (Å²) in [6.07, 6.45) is -0.641. The van der Waals surface area contributed by atoms with Crippen molar-refractivity contribution >= 4 is 23.7 Å². The molecule has 1 saturated heterocycles. The first kappa shape index (κ1) is 22.1. The zero-order valence-corrected chi connectivity index (χ0v) is 17.4. The number of amides is 4. The van der Waals surface area contributed by atoms with E-state index >= 15 is 0 Å². The van der Waals surface area contributed by atoms with Crippen molar-refractivity contribution in [3.05, 3.63) is 60.2 Å². The molecule has 0 radical (unpaired) electrons. The molecule has 2 aromatic carbocycles. The second-order valence-electron chi connectivity index (χ2n) is 7.22. The second-order valence-corrected chi connectivity index (χ2v) is 7.22. The van der Waals surface area contributed by atoms with E-state index in [4.69, 9.17) is 10.5 Å². The van der Waals surface area contributed by atoms with Crippen LogP contribution in [0.5, 0.6) is 5.75 Å². The van der Waals surface area contributed by atoms with Crippen LogP contribution in [0.1, 0.15) is 5.56 Å². The lowest BCUT2D eigenvalue weighted by Gasteiger charge is -2.39. The SMILES string of the molecule is Cc1cccc(NC(=O)N2CCN(C(=O)Oc3ccccc3)C(C(=O)NCCN)C2)c1. The van der Waals surface area contributed by atoms with Crippen molar-refractivity contribution in [3.8, 4) is 5.75 Å². The molecule has 0 bridgehead atoms. The number of ether oxygens (including phenoxy) is 1. The summed E-state index contributed by atoms with van der Waals surface area (Å²) in [4.78, 5) is 41.1. The predicted molar refractivity (Wildman–Crippen MR) is 117 cm³/mol. The van der Waals surface area contributed by atoms with Crippen molar-refractivity contribution < 1.29 is 19.1 Å². The van der Waals surface area contributed by atoms with Crippen molar-refractivity contribution in [2.75, 3.05) is 38.0 Å². The van der Waals surface area contributed by atoms with Crippen molar-refractivity contribution in [2.45, 2.75) is 13.0 Å². The topological polar surface area (TPSA) is 117 Å². The first-order chi connectivity index (χ1) is 15.0. The second kappa shape index (κ2) is 10.4. The van der Waals surface area contributed by atoms with Crippen molar-refractivity contribution in [2.24, 2.45) is 5.73 Å². The Hall–Kier alpha value is -3.59. The summed E-state index contributed by atoms with van der Waals surface area (Å²) in [6.45, 7) is 2.94. The Morgan fingerprint density at radius 1 is 1.10 bits per heavy atom. The highest BCUT2D eigenvalue weighted by molar-refractivity contribution is 5.91. The van der Waals surface area contributed by atoms with Gasteiger partial charge in [0.05, 0.1) is 6.54 Å². The molecule has 9 nitrogen and oxygen atoms in total. The monoisotopic (exact) mass is 425 g/mol. The lowest BCUT2D eigenvalue weighted by Crippen LogP contribution is -2.62. The number of benzene rings is 2. The molecule has 31 heavy (non-hydrogen) atoms. The standard InChI is InChI=1S/C22H27N5O4/c1-16-6-5-7-17(14-16)25-21(29)26-12-13-27(19(15-26)20(28)24-11-10-23)22(30)31-18-8-3-2-4-9-18/h2-9,14,19H,10-13,15,23H2,1H3,(H,24,28)(H,25,29). The molecule has 1 fully saturated rings. The Morgan fingerprint density at radius 3 is 2.58 bits per heavy atom. The van der Waals surface area contributed by atoms with Crippen molar-refractivity contribution in [1.29, 1.82) is 0 Å². The molecule has 0 aromatic heterocycles. The van der Waals surface area contributed by atoms with Gasteiger partial charge in [-0.25, -0.2) is 9.59 Å². The summed E-state index contributed by atoms with van der Waals surface area (Å²) < 4.78 is 5.41. The number of hydrogen-bond acceptors (Lipinski definition) is 5. The molecule has 2 aromatic rings. The maximum atomic E-state index is 12.8. The van der Waals surface area contributed by atoms with E-state index in [1.165, 1.54) is 9.80 Å². The smallest absolute Gasteiger partial charge is 0.410 e. The third-order valence-electron chi connectivity index (χ3n) is 4.87. The minimum Gasteiger partial charge on any atom is -0.410 e. The molecular formula is C22H27N5O4. The zero-order chi connectivity index (χ0) is 22.2. The van der Waals surface area contributed by atoms with Gasteiger partial charge < -0.3 is 26.0 Å². The minimum atomic E-state index is -0.889. The highest BCUT2D eigenvalue weighted by Gasteiger charge is 2.38. The van der Waals surface area contributed by atoms with Gasteiger partial charge in [-0.1, -0.05) is 30.3 Å². The van der Waals surface area contributed by atoms with Gasteiger partial charge in [-0.15, -0.1) is 0 Å². The lowest BCUT2D eigenvalue weighted by atomic mass is 10.1. The van der Waals surface area contributed by atoms with Crippen LogP contribution < -0.4 is 21.1 Å². The van der Waals surface area contributed by atoms with Crippen LogP contribution in [0.3, 0.4) is 0 Å². The number of urea groups is 1. The molecule has 1 aliphatic heterocycles. The number of nitrogens with zero attached hydrogens (tertiary/aromatic N) is 2. The molecule has 4 N–H and O–H groups in total. The maximum Gasteiger partial charge on any atom is 0.416 e. The molecule has 9 heteroatoms. The van der Waals surface area contributed by atoms with Gasteiger partial charge in [0.1, 0.15) is 11.8 Å². The molecule has 0 saturated carbocycles. The molecular weight excluding hydrogens is 398 g/mol. The number of carbonyl (C=O) groups excluding carboxylic acids is 3. The first-order valence-electron chi connectivity index (χ1n) is 10.1. The fourth-order valence-electron chi connectivity index (χ4n) is 3.30. The zero-order valence-electron chi connectivity index (χ0n) is 17.4. The molecule has 4 amide bonds. The van der Waals surface area contributed by atoms with Crippen LogP contribution in [0.4, 0.5) is 15.3 Å². The van der Waals surface area contributed by atoms with Crippen LogP contribution in [-0.4, -0.2) is 66.6 Å².